The van der Waals surface area contributed by atoms with E-state index in [1.165, 1.54) is 0 Å². The van der Waals surface area contributed by atoms with Crippen molar-refractivity contribution in [1.29, 1.82) is 0 Å². The van der Waals surface area contributed by atoms with Crippen LogP contribution in [0.2, 0.25) is 0 Å². The lowest BCUT2D eigenvalue weighted by atomic mass is 9.70. The summed E-state index contributed by atoms with van der Waals surface area (Å²) < 4.78 is 0. The lowest BCUT2D eigenvalue weighted by Gasteiger charge is -2.46. The van der Waals surface area contributed by atoms with Crippen molar-refractivity contribution in [3.8, 4) is 0 Å². The maximum Gasteiger partial charge on any atom is 0.234 e. The smallest absolute Gasteiger partial charge is 0.230 e. The Bertz CT molecular complexity index is 747. The average molecular weight is 511 g/mol. The molecule has 0 radical (unpaired) electrons. The summed E-state index contributed by atoms with van der Waals surface area (Å²) in [6, 6.07) is 10.1. The van der Waals surface area contributed by atoms with Crippen LogP contribution < -0.4 is 0 Å². The van der Waals surface area contributed by atoms with Crippen LogP contribution in [0.5, 0.6) is 0 Å². The van der Waals surface area contributed by atoms with E-state index in [0.29, 0.717) is 5.92 Å². The van der Waals surface area contributed by atoms with Crippen molar-refractivity contribution in [3.63, 3.8) is 0 Å². The zero-order valence-electron chi connectivity index (χ0n) is 25.5. The van der Waals surface area contributed by atoms with Crippen LogP contribution in [0.15, 0.2) is 30.3 Å². The first kappa shape index (κ1) is 33.0. The SMILES string of the molecule is CC(C)(C)OOC(C)(C)c1ccccc1.CC1CC(C)(C)CC(OOC(C)(C)C)(OOC(C)(C)C)C1. The molecule has 1 atom stereocenters. The van der Waals surface area contributed by atoms with Gasteiger partial charge < -0.3 is 0 Å². The molecule has 1 aliphatic rings. The van der Waals surface area contributed by atoms with E-state index >= 15 is 0 Å². The third-order valence-corrected chi connectivity index (χ3v) is 5.16. The molecular weight excluding hydrogens is 456 g/mol. The highest BCUT2D eigenvalue weighted by Gasteiger charge is 2.48. The molecule has 1 fully saturated rings. The first-order valence-electron chi connectivity index (χ1n) is 13.2. The van der Waals surface area contributed by atoms with Crippen LogP contribution in [0.1, 0.15) is 122 Å². The van der Waals surface area contributed by atoms with Gasteiger partial charge in [-0.25, -0.2) is 19.6 Å². The van der Waals surface area contributed by atoms with Crippen LogP contribution >= 0.6 is 0 Å². The molecule has 1 aromatic carbocycles. The van der Waals surface area contributed by atoms with E-state index in [1.807, 2.05) is 106 Å². The van der Waals surface area contributed by atoms with Crippen LogP contribution in [0.3, 0.4) is 0 Å². The maximum absolute atomic E-state index is 5.79. The maximum atomic E-state index is 5.79. The van der Waals surface area contributed by atoms with Crippen LogP contribution in [0.25, 0.3) is 0 Å². The Morgan fingerprint density at radius 3 is 1.47 bits per heavy atom. The van der Waals surface area contributed by atoms with Crippen molar-refractivity contribution in [1.82, 2.24) is 0 Å². The van der Waals surface area contributed by atoms with E-state index < -0.39 is 11.4 Å². The average Bonchev–Trinajstić information content (AvgIpc) is 2.68. The molecule has 210 valence electrons. The molecule has 36 heavy (non-hydrogen) atoms. The molecule has 1 aliphatic carbocycles. The van der Waals surface area contributed by atoms with Crippen LogP contribution in [0, 0.1) is 11.3 Å². The fraction of sp³-hybridized carbons (Fsp3) is 0.800. The van der Waals surface area contributed by atoms with Crippen LogP contribution in [-0.4, -0.2) is 22.6 Å². The summed E-state index contributed by atoms with van der Waals surface area (Å²) in [7, 11) is 0. The van der Waals surface area contributed by atoms with Gasteiger partial charge in [0, 0.05) is 12.8 Å². The van der Waals surface area contributed by atoms with E-state index in [2.05, 4.69) is 20.8 Å². The van der Waals surface area contributed by atoms with Gasteiger partial charge >= 0.3 is 0 Å². The zero-order chi connectivity index (χ0) is 28.1. The Kier molecular flexibility index (Phi) is 11.2. The van der Waals surface area contributed by atoms with Gasteiger partial charge in [0.05, 0.1) is 16.8 Å². The molecular formula is C30H54O6. The van der Waals surface area contributed by atoms with Gasteiger partial charge in [-0.2, -0.15) is 9.78 Å². The third-order valence-electron chi connectivity index (χ3n) is 5.16. The molecule has 0 aliphatic heterocycles. The second-order valence-electron chi connectivity index (χ2n) is 14.5. The fourth-order valence-corrected chi connectivity index (χ4v) is 4.08. The molecule has 0 spiro atoms. The van der Waals surface area contributed by atoms with Gasteiger partial charge in [0.2, 0.25) is 5.79 Å². The van der Waals surface area contributed by atoms with Gasteiger partial charge in [-0.3, -0.25) is 0 Å². The highest BCUT2D eigenvalue weighted by molar-refractivity contribution is 5.20. The highest BCUT2D eigenvalue weighted by atomic mass is 17.3. The number of rotatable bonds is 7. The zero-order valence-corrected chi connectivity index (χ0v) is 25.5. The molecule has 6 nitrogen and oxygen atoms in total. The molecule has 1 saturated carbocycles. The first-order valence-corrected chi connectivity index (χ1v) is 13.2. The molecule has 0 N–H and O–H groups in total. The van der Waals surface area contributed by atoms with Gasteiger partial charge in [0.25, 0.3) is 0 Å². The Morgan fingerprint density at radius 2 is 1.08 bits per heavy atom. The number of hydrogen-bond acceptors (Lipinski definition) is 6. The van der Waals surface area contributed by atoms with E-state index in [0.717, 1.165) is 24.8 Å². The van der Waals surface area contributed by atoms with Crippen molar-refractivity contribution in [3.05, 3.63) is 35.9 Å². The molecule has 2 rings (SSSR count). The summed E-state index contributed by atoms with van der Waals surface area (Å²) in [5, 5.41) is 0. The van der Waals surface area contributed by atoms with E-state index in [4.69, 9.17) is 29.3 Å². The predicted molar refractivity (Wildman–Crippen MR) is 145 cm³/mol. The summed E-state index contributed by atoms with van der Waals surface area (Å²) in [6.45, 7) is 28.3. The summed E-state index contributed by atoms with van der Waals surface area (Å²) in [6.07, 6.45) is 2.66. The minimum atomic E-state index is -0.846. The second-order valence-corrected chi connectivity index (χ2v) is 14.5. The number of hydrogen-bond donors (Lipinski definition) is 0. The molecule has 0 bridgehead atoms. The van der Waals surface area contributed by atoms with Crippen molar-refractivity contribution in [2.45, 2.75) is 144 Å². The largest absolute Gasteiger partial charge is 0.234 e. The van der Waals surface area contributed by atoms with Crippen molar-refractivity contribution in [2.75, 3.05) is 0 Å². The van der Waals surface area contributed by atoms with Gasteiger partial charge in [-0.05, 0) is 99.5 Å². The second kappa shape index (κ2) is 12.2. The lowest BCUT2D eigenvalue weighted by Crippen LogP contribution is -2.48. The van der Waals surface area contributed by atoms with Crippen molar-refractivity contribution < 1.29 is 29.3 Å². The molecule has 0 saturated heterocycles. The Morgan fingerprint density at radius 1 is 0.639 bits per heavy atom. The highest BCUT2D eigenvalue weighted by Crippen LogP contribution is 2.47. The van der Waals surface area contributed by atoms with E-state index in [9.17, 15) is 0 Å². The molecule has 1 unspecified atom stereocenters. The summed E-state index contributed by atoms with van der Waals surface area (Å²) in [5.74, 6) is -0.359. The summed E-state index contributed by atoms with van der Waals surface area (Å²) in [4.78, 5) is 33.6. The predicted octanol–water partition coefficient (Wildman–Crippen LogP) is 8.69. The summed E-state index contributed by atoms with van der Waals surface area (Å²) in [5.41, 5.74) is -0.249. The van der Waals surface area contributed by atoms with Crippen molar-refractivity contribution in [2.24, 2.45) is 11.3 Å². The standard InChI is InChI=1S/C17H34O4.C13H20O2/c1-13-10-16(8,9)12-17(11-13,20-18-14(2,3)4)21-19-15(5,6)7;1-12(2,3)14-15-13(4,5)11-9-7-6-8-10-11/h13H,10-12H2,1-9H3;6-10H,1-5H3. The fourth-order valence-electron chi connectivity index (χ4n) is 4.08. The van der Waals surface area contributed by atoms with Gasteiger partial charge in [0.15, 0.2) is 0 Å². The third kappa shape index (κ3) is 13.5. The number of benzene rings is 1. The minimum absolute atomic E-state index is 0.125. The molecule has 0 aromatic heterocycles. The lowest BCUT2D eigenvalue weighted by molar-refractivity contribution is -0.551. The van der Waals surface area contributed by atoms with Gasteiger partial charge in [-0.1, -0.05) is 51.1 Å². The quantitative estimate of drug-likeness (QED) is 0.208. The Hall–Kier alpha value is -1.02. The summed E-state index contributed by atoms with van der Waals surface area (Å²) >= 11 is 0. The monoisotopic (exact) mass is 510 g/mol. The molecule has 0 heterocycles. The van der Waals surface area contributed by atoms with E-state index in [-0.39, 0.29) is 22.2 Å². The van der Waals surface area contributed by atoms with Gasteiger partial charge in [-0.15, -0.1) is 0 Å². The topological polar surface area (TPSA) is 55.4 Å². The molecule has 1 aromatic rings. The first-order chi connectivity index (χ1) is 16.0. The Balaban J connectivity index is 0.000000381. The van der Waals surface area contributed by atoms with Gasteiger partial charge in [0.1, 0.15) is 5.60 Å². The van der Waals surface area contributed by atoms with Crippen LogP contribution in [0.4, 0.5) is 0 Å². The minimum Gasteiger partial charge on any atom is -0.230 e. The van der Waals surface area contributed by atoms with Crippen LogP contribution in [-0.2, 0) is 34.9 Å². The van der Waals surface area contributed by atoms with E-state index in [1.54, 1.807) is 0 Å². The molecule has 0 amide bonds. The Labute approximate surface area is 221 Å². The molecule has 6 heteroatoms. The van der Waals surface area contributed by atoms with Crippen molar-refractivity contribution >= 4 is 0 Å². The normalized spacial score (nSPS) is 20.4.